The van der Waals surface area contributed by atoms with E-state index in [2.05, 4.69) is 48.2 Å². The number of allylic oxidation sites excluding steroid dienone is 1. The molecule has 3 aromatic heterocycles. The van der Waals surface area contributed by atoms with Crippen molar-refractivity contribution < 1.29 is 27.6 Å². The van der Waals surface area contributed by atoms with E-state index >= 15 is 0 Å². The summed E-state index contributed by atoms with van der Waals surface area (Å²) in [6, 6.07) is 39.6. The Labute approximate surface area is 428 Å². The Bertz CT molecular complexity index is 3700. The lowest BCUT2D eigenvalue weighted by Crippen LogP contribution is -2.49. The van der Waals surface area contributed by atoms with Gasteiger partial charge >= 0.3 is 0 Å². The predicted octanol–water partition coefficient (Wildman–Crippen LogP) is 7.34. The topological polar surface area (TPSA) is 232 Å². The molecule has 0 spiro atoms. The number of sulfone groups is 1. The van der Waals surface area contributed by atoms with Gasteiger partial charge in [-0.3, -0.25) is 29.4 Å². The maximum atomic E-state index is 13.7. The number of para-hydroxylation sites is 1. The molecule has 0 saturated heterocycles. The summed E-state index contributed by atoms with van der Waals surface area (Å²) in [5.41, 5.74) is 16.6. The van der Waals surface area contributed by atoms with Crippen molar-refractivity contribution in [3.05, 3.63) is 185 Å². The zero-order valence-corrected chi connectivity index (χ0v) is 42.2. The van der Waals surface area contributed by atoms with Crippen molar-refractivity contribution in [3.63, 3.8) is 0 Å². The number of nitrogens with zero attached hydrogens (tertiary/aromatic N) is 4. The lowest BCUT2D eigenvalue weighted by Gasteiger charge is -2.25. The second kappa shape index (κ2) is 21.5. The highest BCUT2D eigenvalue weighted by Gasteiger charge is 2.28. The molecular weight excluding hydrogens is 953 g/mol. The third-order valence-electron chi connectivity index (χ3n) is 13.3. The Balaban J connectivity index is 0.000000183. The molecule has 74 heavy (non-hydrogen) atoms. The number of aryl methyl sites for hydroxylation is 1. The Kier molecular flexibility index (Phi) is 14.6. The Morgan fingerprint density at radius 1 is 0.703 bits per heavy atom. The van der Waals surface area contributed by atoms with Crippen molar-refractivity contribution in [2.45, 2.75) is 56.0 Å². The summed E-state index contributed by atoms with van der Waals surface area (Å²) in [5.74, 6) is -1.04. The molecule has 10 rings (SSSR count). The van der Waals surface area contributed by atoms with Crippen LogP contribution >= 0.6 is 0 Å². The number of amides is 4. The molecule has 0 saturated carbocycles. The van der Waals surface area contributed by atoms with Gasteiger partial charge in [0.05, 0.1) is 40.8 Å². The van der Waals surface area contributed by atoms with Crippen molar-refractivity contribution in [2.75, 3.05) is 35.9 Å². The zero-order valence-electron chi connectivity index (χ0n) is 41.3. The first-order chi connectivity index (χ1) is 35.6. The summed E-state index contributed by atoms with van der Waals surface area (Å²) < 4.78 is 24.2. The van der Waals surface area contributed by atoms with Crippen LogP contribution in [0.1, 0.15) is 39.2 Å². The lowest BCUT2D eigenvalue weighted by molar-refractivity contribution is -0.127. The van der Waals surface area contributed by atoms with Gasteiger partial charge in [-0.05, 0) is 95.8 Å². The number of fused-ring (bicyclic) bond motifs is 4. The van der Waals surface area contributed by atoms with Gasteiger partial charge in [-0.15, -0.1) is 0 Å². The first kappa shape index (κ1) is 50.1. The second-order valence-corrected chi connectivity index (χ2v) is 20.6. The van der Waals surface area contributed by atoms with Crippen LogP contribution in [0.25, 0.3) is 38.8 Å². The molecule has 16 nitrogen and oxygen atoms in total. The monoisotopic (exact) mass is 1010 g/mol. The highest BCUT2D eigenvalue weighted by molar-refractivity contribution is 7.90. The van der Waals surface area contributed by atoms with Crippen LogP contribution < -0.4 is 26.2 Å². The van der Waals surface area contributed by atoms with Crippen LogP contribution in [0.4, 0.5) is 17.1 Å². The van der Waals surface area contributed by atoms with Crippen LogP contribution in [0.5, 0.6) is 0 Å². The fourth-order valence-electron chi connectivity index (χ4n) is 9.28. The van der Waals surface area contributed by atoms with Gasteiger partial charge in [0.25, 0.3) is 0 Å². The molecule has 3 heterocycles. The first-order valence-electron chi connectivity index (χ1n) is 24.1. The molecule has 6 aromatic carbocycles. The number of nitrogens with two attached hydrogens (primary N) is 1. The number of aromatic nitrogens is 5. The number of carbonyl (C=O) groups excluding carboxylic acids is 4. The molecule has 1 aliphatic rings. The van der Waals surface area contributed by atoms with Gasteiger partial charge in [-0.25, -0.2) is 8.42 Å². The predicted molar refractivity (Wildman–Crippen MR) is 290 cm³/mol. The van der Waals surface area contributed by atoms with Gasteiger partial charge in [0.2, 0.25) is 23.6 Å². The summed E-state index contributed by atoms with van der Waals surface area (Å²) in [6.45, 7) is 1.84. The number of hydrogen-bond acceptors (Lipinski definition) is 9. The molecule has 376 valence electrons. The average molecular weight is 1010 g/mol. The largest absolute Gasteiger partial charge is 0.397 e. The number of rotatable bonds is 15. The number of benzene rings is 6. The fourth-order valence-corrected chi connectivity index (χ4v) is 9.93. The summed E-state index contributed by atoms with van der Waals surface area (Å²) in [4.78, 5) is 60.3. The molecule has 2 atom stereocenters. The Morgan fingerprint density at radius 3 is 2.00 bits per heavy atom. The minimum absolute atomic E-state index is 0.0125. The maximum Gasteiger partial charge on any atom is 0.249 e. The number of H-pyrrole nitrogens is 3. The molecular formula is C57H56N10O6S. The van der Waals surface area contributed by atoms with Crippen molar-refractivity contribution >= 4 is 89.3 Å². The summed E-state index contributed by atoms with van der Waals surface area (Å²) >= 11 is 0. The third kappa shape index (κ3) is 11.3. The number of likely N-dealkylation sites (N-methyl/N-ethyl adjacent to an activating group) is 2. The number of nitrogen functional groups attached to an aromatic ring is 1. The van der Waals surface area contributed by atoms with Crippen LogP contribution in [0.3, 0.4) is 0 Å². The van der Waals surface area contributed by atoms with Crippen LogP contribution in [-0.4, -0.2) is 89.9 Å². The third-order valence-corrected chi connectivity index (χ3v) is 14.5. The average Bonchev–Trinajstić information content (AvgIpc) is 4.22. The Morgan fingerprint density at radius 2 is 1.34 bits per heavy atom. The van der Waals surface area contributed by atoms with Gasteiger partial charge < -0.3 is 31.2 Å². The minimum Gasteiger partial charge on any atom is -0.397 e. The van der Waals surface area contributed by atoms with E-state index in [1.165, 1.54) is 10.5 Å². The van der Waals surface area contributed by atoms with E-state index in [-0.39, 0.29) is 41.4 Å². The van der Waals surface area contributed by atoms with Gasteiger partial charge in [0, 0.05) is 71.9 Å². The van der Waals surface area contributed by atoms with E-state index < -0.39 is 21.9 Å². The molecule has 17 heteroatoms. The maximum absolute atomic E-state index is 13.7. The normalized spacial score (nSPS) is 12.7. The second-order valence-electron chi connectivity index (χ2n) is 18.6. The molecule has 4 amide bonds. The van der Waals surface area contributed by atoms with Gasteiger partial charge in [0.1, 0.15) is 17.6 Å². The van der Waals surface area contributed by atoms with Gasteiger partial charge in [-0.2, -0.15) is 10.2 Å². The van der Waals surface area contributed by atoms with E-state index in [1.54, 1.807) is 49.5 Å². The number of hydrogen-bond donors (Lipinski definition) is 6. The van der Waals surface area contributed by atoms with Crippen LogP contribution in [0, 0.1) is 6.92 Å². The number of anilines is 3. The van der Waals surface area contributed by atoms with Crippen LogP contribution in [-0.2, 0) is 61.1 Å². The lowest BCUT2D eigenvalue weighted by atomic mass is 10.0. The molecule has 7 N–H and O–H groups in total. The SMILES string of the molecule is CN(C(=O)C(Cc1ccccc1)NC(=O)Cc1[nH]nc2c(N)cccc12)c1ccc2c(c1)C=CC2.Cc1[nH]c2ccc(S(C)(=O)=O)cc2c1CC(=O)NC(Cc1ccccc1)C(=O)N(C)c1ccc2cn[nH]c2c1. The molecule has 0 bridgehead atoms. The number of aromatic amines is 3. The number of nitrogens with one attached hydrogen (secondary N) is 5. The first-order valence-corrected chi connectivity index (χ1v) is 26.0. The van der Waals surface area contributed by atoms with E-state index in [1.807, 2.05) is 116 Å². The van der Waals surface area contributed by atoms with E-state index in [4.69, 9.17) is 5.73 Å². The van der Waals surface area contributed by atoms with Crippen molar-refractivity contribution in [1.82, 2.24) is 36.0 Å². The van der Waals surface area contributed by atoms with Crippen LogP contribution in [0.2, 0.25) is 0 Å². The molecule has 0 fully saturated rings. The molecule has 2 unspecified atom stereocenters. The van der Waals surface area contributed by atoms with E-state index in [9.17, 15) is 27.6 Å². The van der Waals surface area contributed by atoms with Crippen molar-refractivity contribution in [3.8, 4) is 0 Å². The minimum atomic E-state index is -3.41. The van der Waals surface area contributed by atoms with Crippen molar-refractivity contribution in [2.24, 2.45) is 0 Å². The highest BCUT2D eigenvalue weighted by Crippen LogP contribution is 2.28. The van der Waals surface area contributed by atoms with Gasteiger partial charge in [0.15, 0.2) is 9.84 Å². The highest BCUT2D eigenvalue weighted by atomic mass is 32.2. The number of carbonyl (C=O) groups is 4. The Hall–Kier alpha value is -8.83. The standard InChI is InChI=1S/C29H29N5O4S.C28H27N5O2/c1-18-23(24-15-22(39(3,37)38)11-12-25(24)31-18)16-28(35)32-27(13-19-7-5-4-6-8-19)29(36)34(2)21-10-9-20-17-30-33-26(20)14-21;1-33(21-14-13-19-9-5-10-20(19)16-21)28(35)25(15-18-7-3-2-4-8-18)30-26(34)17-24-22-11-6-12-23(29)27(22)32-31-24/h4-12,14-15,17,27,31H,13,16H2,1-3H3,(H,30,33)(H,32,35);2-8,10-14,16,25H,9,15,17,29H2,1H3,(H,30,34)(H,31,32). The fraction of sp³-hybridized carbons (Fsp3) is 0.193. The smallest absolute Gasteiger partial charge is 0.249 e. The van der Waals surface area contributed by atoms with Crippen molar-refractivity contribution in [1.29, 1.82) is 0 Å². The zero-order chi connectivity index (χ0) is 52.1. The van der Waals surface area contributed by atoms with E-state index in [0.29, 0.717) is 46.4 Å². The van der Waals surface area contributed by atoms with Crippen LogP contribution in [0.15, 0.2) is 151 Å². The van der Waals surface area contributed by atoms with Gasteiger partial charge in [-0.1, -0.05) is 91.0 Å². The van der Waals surface area contributed by atoms with E-state index in [0.717, 1.165) is 62.6 Å². The molecule has 0 aliphatic heterocycles. The molecule has 1 aliphatic carbocycles. The quantitative estimate of drug-likeness (QED) is 0.0564. The summed E-state index contributed by atoms with van der Waals surface area (Å²) in [5, 5.41) is 22.4. The summed E-state index contributed by atoms with van der Waals surface area (Å²) in [7, 11) is 0.0173. The molecule has 0 radical (unpaired) electrons. The molecule has 9 aromatic rings. The summed E-state index contributed by atoms with van der Waals surface area (Å²) in [6.07, 6.45) is 8.71.